The number of fused-ring (bicyclic) bond motifs is 1. The van der Waals surface area contributed by atoms with E-state index >= 15 is 0 Å². The molecule has 1 aliphatic rings. The lowest BCUT2D eigenvalue weighted by molar-refractivity contribution is 0.108. The minimum absolute atomic E-state index is 0.256. The Morgan fingerprint density at radius 2 is 1.70 bits per heavy atom. The Kier molecular flexibility index (Phi) is 4.25. The normalized spacial score (nSPS) is 17.6. The predicted molar refractivity (Wildman–Crippen MR) is 80.5 cm³/mol. The lowest BCUT2D eigenvalue weighted by Crippen LogP contribution is -2.46. The maximum atomic E-state index is 8.95. The second-order valence-electron chi connectivity index (χ2n) is 5.34. The van der Waals surface area contributed by atoms with E-state index in [0.717, 1.165) is 50.5 Å². The number of pyridine rings is 1. The maximum absolute atomic E-state index is 8.95. The molecule has 20 heavy (non-hydrogen) atoms. The van der Waals surface area contributed by atoms with Gasteiger partial charge in [0.1, 0.15) is 0 Å². The van der Waals surface area contributed by atoms with Gasteiger partial charge in [-0.3, -0.25) is 14.8 Å². The summed E-state index contributed by atoms with van der Waals surface area (Å²) >= 11 is 0. The Bertz CT molecular complexity index is 564. The van der Waals surface area contributed by atoms with Crippen molar-refractivity contribution in [2.24, 2.45) is 0 Å². The molecule has 4 heteroatoms. The second kappa shape index (κ2) is 6.31. The molecular weight excluding hydrogens is 250 g/mol. The van der Waals surface area contributed by atoms with E-state index in [1.54, 1.807) is 0 Å². The van der Waals surface area contributed by atoms with Crippen molar-refractivity contribution in [2.45, 2.75) is 6.54 Å². The molecule has 0 aliphatic carbocycles. The predicted octanol–water partition coefficient (Wildman–Crippen LogP) is 1.34. The number of nitrogens with zero attached hydrogens (tertiary/aromatic N) is 3. The Hall–Kier alpha value is -1.49. The van der Waals surface area contributed by atoms with E-state index in [-0.39, 0.29) is 6.61 Å². The monoisotopic (exact) mass is 271 g/mol. The van der Waals surface area contributed by atoms with E-state index in [0.29, 0.717) is 0 Å². The van der Waals surface area contributed by atoms with Gasteiger partial charge in [-0.2, -0.15) is 0 Å². The summed E-state index contributed by atoms with van der Waals surface area (Å²) in [5.74, 6) is 0. The van der Waals surface area contributed by atoms with Crippen LogP contribution in [-0.2, 0) is 6.54 Å². The molecule has 1 saturated heterocycles. The van der Waals surface area contributed by atoms with E-state index in [1.165, 1.54) is 5.39 Å². The SMILES string of the molecule is OCCN1CCN(Cc2ccc3ccccc3n2)CC1. The van der Waals surface area contributed by atoms with Crippen molar-refractivity contribution < 1.29 is 5.11 Å². The first-order valence-electron chi connectivity index (χ1n) is 7.25. The van der Waals surface area contributed by atoms with Crippen molar-refractivity contribution >= 4 is 10.9 Å². The summed E-state index contributed by atoms with van der Waals surface area (Å²) in [6.45, 7) is 6.14. The molecule has 4 nitrogen and oxygen atoms in total. The number of rotatable bonds is 4. The summed E-state index contributed by atoms with van der Waals surface area (Å²) in [5.41, 5.74) is 2.21. The third-order valence-corrected chi connectivity index (χ3v) is 3.92. The van der Waals surface area contributed by atoms with Crippen LogP contribution in [0.3, 0.4) is 0 Å². The summed E-state index contributed by atoms with van der Waals surface area (Å²) in [6, 6.07) is 12.5. The summed E-state index contributed by atoms with van der Waals surface area (Å²) in [5, 5.41) is 10.2. The number of para-hydroxylation sites is 1. The van der Waals surface area contributed by atoms with Crippen LogP contribution in [0.4, 0.5) is 0 Å². The minimum Gasteiger partial charge on any atom is -0.395 e. The van der Waals surface area contributed by atoms with Crippen molar-refractivity contribution in [2.75, 3.05) is 39.3 Å². The van der Waals surface area contributed by atoms with Crippen LogP contribution in [0.25, 0.3) is 10.9 Å². The summed E-state index contributed by atoms with van der Waals surface area (Å²) in [4.78, 5) is 9.47. The Balaban J connectivity index is 1.62. The molecular formula is C16H21N3O. The lowest BCUT2D eigenvalue weighted by atomic mass is 10.2. The fraction of sp³-hybridized carbons (Fsp3) is 0.438. The number of aliphatic hydroxyl groups excluding tert-OH is 1. The average molecular weight is 271 g/mol. The van der Waals surface area contributed by atoms with Crippen molar-refractivity contribution in [3.63, 3.8) is 0 Å². The molecule has 2 aromatic rings. The zero-order valence-corrected chi connectivity index (χ0v) is 11.7. The number of hydrogen-bond acceptors (Lipinski definition) is 4. The van der Waals surface area contributed by atoms with Crippen LogP contribution in [0.15, 0.2) is 36.4 Å². The summed E-state index contributed by atoms with van der Waals surface area (Å²) < 4.78 is 0. The van der Waals surface area contributed by atoms with Gasteiger partial charge >= 0.3 is 0 Å². The molecule has 0 radical (unpaired) electrons. The summed E-state index contributed by atoms with van der Waals surface area (Å²) in [7, 11) is 0. The minimum atomic E-state index is 0.256. The number of hydrogen-bond donors (Lipinski definition) is 1. The molecule has 106 valence electrons. The molecule has 1 aromatic heterocycles. The first-order valence-corrected chi connectivity index (χ1v) is 7.25. The quantitative estimate of drug-likeness (QED) is 0.911. The van der Waals surface area contributed by atoms with E-state index in [1.807, 2.05) is 12.1 Å². The molecule has 1 aliphatic heterocycles. The molecule has 0 unspecified atom stereocenters. The van der Waals surface area contributed by atoms with Crippen molar-refractivity contribution in [1.29, 1.82) is 0 Å². The van der Waals surface area contributed by atoms with Crippen LogP contribution in [0, 0.1) is 0 Å². The van der Waals surface area contributed by atoms with Crippen molar-refractivity contribution in [1.82, 2.24) is 14.8 Å². The molecule has 3 rings (SSSR count). The van der Waals surface area contributed by atoms with Crippen LogP contribution in [-0.4, -0.2) is 59.2 Å². The van der Waals surface area contributed by atoms with E-state index in [4.69, 9.17) is 10.1 Å². The first kappa shape index (κ1) is 13.5. The highest BCUT2D eigenvalue weighted by Gasteiger charge is 2.16. The highest BCUT2D eigenvalue weighted by Crippen LogP contribution is 2.13. The van der Waals surface area contributed by atoms with Gasteiger partial charge in [-0.15, -0.1) is 0 Å². The van der Waals surface area contributed by atoms with Gasteiger partial charge in [-0.25, -0.2) is 0 Å². The number of benzene rings is 1. The number of aliphatic hydroxyl groups is 1. The standard InChI is InChI=1S/C16H21N3O/c20-12-11-18-7-9-19(10-8-18)13-15-6-5-14-3-1-2-4-16(14)17-15/h1-6,20H,7-13H2. The Morgan fingerprint density at radius 1 is 0.950 bits per heavy atom. The van der Waals surface area contributed by atoms with Crippen LogP contribution >= 0.6 is 0 Å². The fourth-order valence-electron chi connectivity index (χ4n) is 2.74. The molecule has 0 atom stereocenters. The first-order chi connectivity index (χ1) is 9.85. The van der Waals surface area contributed by atoms with Crippen LogP contribution in [0.1, 0.15) is 5.69 Å². The van der Waals surface area contributed by atoms with Crippen LogP contribution < -0.4 is 0 Å². The van der Waals surface area contributed by atoms with Gasteiger partial charge in [0, 0.05) is 44.7 Å². The molecule has 1 aromatic carbocycles. The van der Waals surface area contributed by atoms with E-state index in [9.17, 15) is 0 Å². The molecule has 0 amide bonds. The number of aromatic nitrogens is 1. The lowest BCUT2D eigenvalue weighted by Gasteiger charge is -2.34. The van der Waals surface area contributed by atoms with Gasteiger partial charge in [0.25, 0.3) is 0 Å². The molecule has 1 fully saturated rings. The van der Waals surface area contributed by atoms with Gasteiger partial charge < -0.3 is 5.11 Å². The van der Waals surface area contributed by atoms with Crippen molar-refractivity contribution in [3.8, 4) is 0 Å². The van der Waals surface area contributed by atoms with Crippen molar-refractivity contribution in [3.05, 3.63) is 42.1 Å². The van der Waals surface area contributed by atoms with Gasteiger partial charge in [0.2, 0.25) is 0 Å². The van der Waals surface area contributed by atoms with E-state index < -0.39 is 0 Å². The maximum Gasteiger partial charge on any atom is 0.0705 e. The number of β-amino-alcohol motifs (C(OH)–C–C–N with tert-alkyl or cyclic N) is 1. The Labute approximate surface area is 119 Å². The smallest absolute Gasteiger partial charge is 0.0705 e. The molecule has 0 bridgehead atoms. The zero-order valence-electron chi connectivity index (χ0n) is 11.7. The van der Waals surface area contributed by atoms with Crippen LogP contribution in [0.2, 0.25) is 0 Å². The van der Waals surface area contributed by atoms with Gasteiger partial charge in [0.05, 0.1) is 17.8 Å². The average Bonchev–Trinajstić information content (AvgIpc) is 2.49. The highest BCUT2D eigenvalue weighted by molar-refractivity contribution is 5.78. The topological polar surface area (TPSA) is 39.6 Å². The molecule has 1 N–H and O–H groups in total. The summed E-state index contributed by atoms with van der Waals surface area (Å²) in [6.07, 6.45) is 0. The van der Waals surface area contributed by atoms with E-state index in [2.05, 4.69) is 34.1 Å². The fourth-order valence-corrected chi connectivity index (χ4v) is 2.74. The van der Waals surface area contributed by atoms with Gasteiger partial charge in [-0.1, -0.05) is 24.3 Å². The van der Waals surface area contributed by atoms with Gasteiger partial charge in [-0.05, 0) is 12.1 Å². The third-order valence-electron chi connectivity index (χ3n) is 3.92. The highest BCUT2D eigenvalue weighted by atomic mass is 16.3. The third kappa shape index (κ3) is 3.15. The van der Waals surface area contributed by atoms with Crippen LogP contribution in [0.5, 0.6) is 0 Å². The molecule has 2 heterocycles. The molecule has 0 spiro atoms. The molecule has 0 saturated carbocycles. The zero-order chi connectivity index (χ0) is 13.8. The van der Waals surface area contributed by atoms with Gasteiger partial charge in [0.15, 0.2) is 0 Å². The largest absolute Gasteiger partial charge is 0.395 e. The number of piperazine rings is 1. The Morgan fingerprint density at radius 3 is 2.50 bits per heavy atom. The second-order valence-corrected chi connectivity index (χ2v) is 5.34.